The summed E-state index contributed by atoms with van der Waals surface area (Å²) in [5.74, 6) is -0.716. The molecule has 0 amide bonds. The van der Waals surface area contributed by atoms with Crippen molar-refractivity contribution in [3.8, 4) is 22.8 Å². The quantitative estimate of drug-likeness (QED) is 0.543. The molecule has 0 aliphatic rings. The van der Waals surface area contributed by atoms with Crippen molar-refractivity contribution < 1.29 is 13.2 Å². The Morgan fingerprint density at radius 3 is 2.62 bits per heavy atom. The van der Waals surface area contributed by atoms with Crippen LogP contribution in [0.2, 0.25) is 0 Å². The Labute approximate surface area is 145 Å². The van der Waals surface area contributed by atoms with Crippen LogP contribution in [0, 0.1) is 0 Å². The molecule has 8 nitrogen and oxygen atoms in total. The van der Waals surface area contributed by atoms with Gasteiger partial charge < -0.3 is 4.42 Å². The summed E-state index contributed by atoms with van der Waals surface area (Å²) in [6.07, 6.45) is 2.13. The summed E-state index contributed by atoms with van der Waals surface area (Å²) in [7, 11) is 0. The Balaban J connectivity index is 1.48. The van der Waals surface area contributed by atoms with Crippen LogP contribution in [-0.4, -0.2) is 35.2 Å². The molecule has 0 aromatic carbocycles. The Bertz CT molecular complexity index is 999. The monoisotopic (exact) mass is 355 g/mol. The first kappa shape index (κ1) is 15.9. The normalized spacial score (nSPS) is 11.2. The second-order valence-corrected chi connectivity index (χ2v) is 5.30. The minimum absolute atomic E-state index is 0.00227. The fourth-order valence-electron chi connectivity index (χ4n) is 2.26. The van der Waals surface area contributed by atoms with Crippen molar-refractivity contribution in [3.63, 3.8) is 0 Å². The van der Waals surface area contributed by atoms with Crippen molar-refractivity contribution in [1.29, 1.82) is 0 Å². The number of nitrogens with zero attached hydrogens (tertiary/aromatic N) is 7. The number of pyridine rings is 2. The number of halogens is 2. The van der Waals surface area contributed by atoms with Gasteiger partial charge in [-0.1, -0.05) is 11.3 Å². The van der Waals surface area contributed by atoms with E-state index >= 15 is 0 Å². The molecule has 0 atom stereocenters. The van der Waals surface area contributed by atoms with E-state index in [1.165, 1.54) is 6.20 Å². The summed E-state index contributed by atoms with van der Waals surface area (Å²) in [4.78, 5) is 8.49. The van der Waals surface area contributed by atoms with Crippen LogP contribution in [-0.2, 0) is 6.54 Å². The Morgan fingerprint density at radius 1 is 1.00 bits per heavy atom. The highest BCUT2D eigenvalue weighted by atomic mass is 19.3. The zero-order valence-electron chi connectivity index (χ0n) is 13.2. The van der Waals surface area contributed by atoms with E-state index < -0.39 is 12.3 Å². The third-order valence-corrected chi connectivity index (χ3v) is 3.49. The standard InChI is InChI=1S/C16H11F2N7O/c17-14(18)16-23-22-15(26-16)10-4-5-11(20-7-10)8-25-9-13(21-24-25)12-3-1-2-6-19-12/h1-7,9,14H,8H2. The van der Waals surface area contributed by atoms with Gasteiger partial charge in [0, 0.05) is 12.4 Å². The lowest BCUT2D eigenvalue weighted by molar-refractivity contribution is 0.116. The second kappa shape index (κ2) is 6.75. The molecule has 0 bridgehead atoms. The van der Waals surface area contributed by atoms with Crippen LogP contribution in [0.3, 0.4) is 0 Å². The summed E-state index contributed by atoms with van der Waals surface area (Å²) in [5, 5.41) is 15.0. The third-order valence-electron chi connectivity index (χ3n) is 3.49. The molecule has 0 unspecified atom stereocenters. The highest BCUT2D eigenvalue weighted by molar-refractivity contribution is 5.52. The van der Waals surface area contributed by atoms with Gasteiger partial charge in [-0.2, -0.15) is 8.78 Å². The molecular weight excluding hydrogens is 344 g/mol. The van der Waals surface area contributed by atoms with Gasteiger partial charge in [-0.3, -0.25) is 9.97 Å². The van der Waals surface area contributed by atoms with E-state index in [0.717, 1.165) is 5.69 Å². The smallest absolute Gasteiger partial charge is 0.314 e. The first-order valence-corrected chi connectivity index (χ1v) is 7.57. The van der Waals surface area contributed by atoms with E-state index in [1.54, 1.807) is 29.2 Å². The van der Waals surface area contributed by atoms with Crippen LogP contribution in [0.15, 0.2) is 53.3 Å². The summed E-state index contributed by atoms with van der Waals surface area (Å²) in [5.41, 5.74) is 2.56. The predicted octanol–water partition coefficient (Wildman–Crippen LogP) is 2.77. The van der Waals surface area contributed by atoms with E-state index in [2.05, 4.69) is 30.5 Å². The molecule has 0 fully saturated rings. The maximum absolute atomic E-state index is 12.5. The predicted molar refractivity (Wildman–Crippen MR) is 84.8 cm³/mol. The molecule has 0 saturated heterocycles. The lowest BCUT2D eigenvalue weighted by Gasteiger charge is -2.01. The number of aromatic nitrogens is 7. The van der Waals surface area contributed by atoms with Crippen LogP contribution < -0.4 is 0 Å². The van der Waals surface area contributed by atoms with Crippen LogP contribution in [0.4, 0.5) is 8.78 Å². The maximum atomic E-state index is 12.5. The topological polar surface area (TPSA) is 95.4 Å². The van der Waals surface area contributed by atoms with Crippen molar-refractivity contribution >= 4 is 0 Å². The molecule has 0 N–H and O–H groups in total. The lowest BCUT2D eigenvalue weighted by Crippen LogP contribution is -2.02. The molecule has 0 spiro atoms. The first-order valence-electron chi connectivity index (χ1n) is 7.57. The highest BCUT2D eigenvalue weighted by Crippen LogP contribution is 2.22. The van der Waals surface area contributed by atoms with Crippen molar-refractivity contribution in [2.45, 2.75) is 13.0 Å². The van der Waals surface area contributed by atoms with Gasteiger partial charge in [0.05, 0.1) is 29.7 Å². The molecule has 0 aliphatic heterocycles. The summed E-state index contributed by atoms with van der Waals surface area (Å²) >= 11 is 0. The van der Waals surface area contributed by atoms with E-state index in [9.17, 15) is 8.78 Å². The molecule has 0 aliphatic carbocycles. The van der Waals surface area contributed by atoms with Gasteiger partial charge in [0.2, 0.25) is 5.89 Å². The highest BCUT2D eigenvalue weighted by Gasteiger charge is 2.17. The average molecular weight is 355 g/mol. The Hall–Kier alpha value is -3.56. The van der Waals surface area contributed by atoms with Gasteiger partial charge in [0.15, 0.2) is 0 Å². The molecule has 26 heavy (non-hydrogen) atoms. The lowest BCUT2D eigenvalue weighted by atomic mass is 10.2. The summed E-state index contributed by atoms with van der Waals surface area (Å²) in [6.45, 7) is 0.395. The van der Waals surface area contributed by atoms with Gasteiger partial charge in [-0.15, -0.1) is 15.3 Å². The van der Waals surface area contributed by atoms with Crippen LogP contribution >= 0.6 is 0 Å². The minimum atomic E-state index is -2.80. The van der Waals surface area contributed by atoms with Gasteiger partial charge in [-0.25, -0.2) is 4.68 Å². The molecule has 0 saturated carbocycles. The zero-order chi connectivity index (χ0) is 17.9. The molecule has 4 aromatic rings. The second-order valence-electron chi connectivity index (χ2n) is 5.30. The molecule has 0 radical (unpaired) electrons. The molecular formula is C16H11F2N7O. The molecule has 130 valence electrons. The number of rotatable bonds is 5. The molecule has 10 heteroatoms. The van der Waals surface area contributed by atoms with Crippen LogP contribution in [0.5, 0.6) is 0 Å². The minimum Gasteiger partial charge on any atom is -0.415 e. The summed E-state index contributed by atoms with van der Waals surface area (Å²) < 4.78 is 31.5. The van der Waals surface area contributed by atoms with E-state index in [1.807, 2.05) is 18.2 Å². The van der Waals surface area contributed by atoms with Gasteiger partial charge >= 0.3 is 6.43 Å². The third kappa shape index (κ3) is 3.29. The van der Waals surface area contributed by atoms with Crippen molar-refractivity contribution in [2.75, 3.05) is 0 Å². The van der Waals surface area contributed by atoms with Crippen molar-refractivity contribution in [3.05, 3.63) is 60.5 Å². The number of hydrogen-bond acceptors (Lipinski definition) is 7. The van der Waals surface area contributed by atoms with Crippen molar-refractivity contribution in [1.82, 2.24) is 35.2 Å². The number of hydrogen-bond donors (Lipinski definition) is 0. The van der Waals surface area contributed by atoms with Crippen LogP contribution in [0.25, 0.3) is 22.8 Å². The zero-order valence-corrected chi connectivity index (χ0v) is 13.2. The molecule has 4 aromatic heterocycles. The fraction of sp³-hybridized carbons (Fsp3) is 0.125. The summed E-state index contributed by atoms with van der Waals surface area (Å²) in [6, 6.07) is 8.94. The van der Waals surface area contributed by atoms with E-state index in [4.69, 9.17) is 4.42 Å². The van der Waals surface area contributed by atoms with Crippen molar-refractivity contribution in [2.24, 2.45) is 0 Å². The molecule has 4 heterocycles. The van der Waals surface area contributed by atoms with Gasteiger partial charge in [0.25, 0.3) is 5.89 Å². The number of alkyl halides is 2. The van der Waals surface area contributed by atoms with Gasteiger partial charge in [0.1, 0.15) is 5.69 Å². The Kier molecular flexibility index (Phi) is 4.14. The Morgan fingerprint density at radius 2 is 1.92 bits per heavy atom. The van der Waals surface area contributed by atoms with E-state index in [0.29, 0.717) is 23.5 Å². The van der Waals surface area contributed by atoms with Crippen LogP contribution in [0.1, 0.15) is 18.0 Å². The van der Waals surface area contributed by atoms with Gasteiger partial charge in [-0.05, 0) is 24.3 Å². The fourth-order valence-corrected chi connectivity index (χ4v) is 2.26. The maximum Gasteiger partial charge on any atom is 0.314 e. The average Bonchev–Trinajstić information content (AvgIpc) is 3.33. The van der Waals surface area contributed by atoms with E-state index in [-0.39, 0.29) is 5.89 Å². The first-order chi connectivity index (χ1) is 12.7. The SMILES string of the molecule is FC(F)c1nnc(-c2ccc(Cn3cc(-c4ccccn4)nn3)nc2)o1. The molecule has 4 rings (SSSR count). The largest absolute Gasteiger partial charge is 0.415 e.